The number of aromatic carboxylic acids is 2. The third-order valence-electron chi connectivity index (χ3n) is 12.0. The quantitative estimate of drug-likeness (QED) is 0.0129. The zero-order valence-corrected chi connectivity index (χ0v) is 47.9. The summed E-state index contributed by atoms with van der Waals surface area (Å²) in [6.45, 7) is 1.18. The molecule has 8 aromatic rings. The van der Waals surface area contributed by atoms with Gasteiger partial charge in [-0.3, -0.25) is 37.4 Å². The number of nitro benzene ring substituents is 1. The number of phenolic OH excluding ortho intramolecular Hbond substituents is 2. The van der Waals surface area contributed by atoms with Crippen molar-refractivity contribution in [1.29, 1.82) is 0 Å². The van der Waals surface area contributed by atoms with Crippen LogP contribution in [0, 0.1) is 17.0 Å². The van der Waals surface area contributed by atoms with Crippen molar-refractivity contribution in [3.05, 3.63) is 112 Å². The van der Waals surface area contributed by atoms with Crippen LogP contribution in [0.15, 0.2) is 155 Å². The number of hydrogen-bond acceptors (Lipinski definition) is 29. The SMILES string of the molecule is Cc1cc(N=Nc2c(C(=O)O)nn(-c3ccc(S(=O)(=O)O)cc3C(=O)O)c2O)c(S(=O)(=O)O)cc1N=Nc1c(S(=O)(=O)O)cc2cc(N=Nc3cc(S(=O)(=O)O)c4cc(S(=O)(=O)O)c(N=Nc5ccc([N+](=O)[O-])cc5S(=O)(=O)O)c(O)c4c3N)ccc2c1O. The van der Waals surface area contributed by atoms with Gasteiger partial charge in [-0.2, -0.15) is 70.5 Å². The molecule has 0 aliphatic rings. The van der Waals surface area contributed by atoms with Crippen LogP contribution in [0.2, 0.25) is 0 Å². The van der Waals surface area contributed by atoms with E-state index in [1.165, 1.54) is 6.92 Å². The monoisotopic (exact) mass is 1350 g/mol. The number of anilines is 1. The van der Waals surface area contributed by atoms with Gasteiger partial charge < -0.3 is 31.3 Å². The molecule has 464 valence electrons. The number of carbonyl (C=O) groups is 2. The molecular formula is C44H30N12O27S6. The van der Waals surface area contributed by atoms with E-state index in [-0.39, 0.29) is 26.7 Å². The van der Waals surface area contributed by atoms with Gasteiger partial charge in [-0.25, -0.2) is 9.59 Å². The molecule has 0 unspecified atom stereocenters. The minimum atomic E-state index is -5.62. The largest absolute Gasteiger partial charge is 0.505 e. The highest BCUT2D eigenvalue weighted by Crippen LogP contribution is 2.50. The molecule has 1 heterocycles. The maximum Gasteiger partial charge on any atom is 0.358 e. The summed E-state index contributed by atoms with van der Waals surface area (Å²) < 4.78 is 209. The van der Waals surface area contributed by atoms with Gasteiger partial charge >= 0.3 is 11.9 Å². The highest BCUT2D eigenvalue weighted by molar-refractivity contribution is 7.87. The first-order valence-electron chi connectivity index (χ1n) is 22.8. The summed E-state index contributed by atoms with van der Waals surface area (Å²) >= 11 is 0. The smallest absolute Gasteiger partial charge is 0.358 e. The Morgan fingerprint density at radius 3 is 1.61 bits per heavy atom. The van der Waals surface area contributed by atoms with Gasteiger partial charge in [-0.1, -0.05) is 0 Å². The van der Waals surface area contributed by atoms with Crippen LogP contribution >= 0.6 is 0 Å². The third kappa shape index (κ3) is 13.0. The Morgan fingerprint density at radius 2 is 1.04 bits per heavy atom. The van der Waals surface area contributed by atoms with Crippen molar-refractivity contribution in [1.82, 2.24) is 9.78 Å². The lowest BCUT2D eigenvalue weighted by Crippen LogP contribution is -2.10. The molecule has 0 amide bonds. The van der Waals surface area contributed by atoms with Crippen LogP contribution in [0.4, 0.5) is 56.9 Å². The summed E-state index contributed by atoms with van der Waals surface area (Å²) in [7, 11) is -32.4. The maximum absolute atomic E-state index is 12.8. The molecule has 89 heavy (non-hydrogen) atoms. The van der Waals surface area contributed by atoms with E-state index >= 15 is 0 Å². The number of azo groups is 4. The van der Waals surface area contributed by atoms with Crippen LogP contribution in [0.5, 0.6) is 17.4 Å². The van der Waals surface area contributed by atoms with Crippen LogP contribution < -0.4 is 5.73 Å². The molecule has 0 fully saturated rings. The highest BCUT2D eigenvalue weighted by Gasteiger charge is 2.32. The van der Waals surface area contributed by atoms with Gasteiger partial charge in [-0.05, 0) is 90.7 Å². The number of phenols is 2. The van der Waals surface area contributed by atoms with Crippen molar-refractivity contribution in [3.8, 4) is 23.1 Å². The molecule has 8 rings (SSSR count). The Balaban J connectivity index is 1.18. The van der Waals surface area contributed by atoms with Crippen molar-refractivity contribution >= 4 is 151 Å². The summed E-state index contributed by atoms with van der Waals surface area (Å²) in [6.07, 6.45) is 0. The lowest BCUT2D eigenvalue weighted by atomic mass is 10.0. The average molecular weight is 1350 g/mol. The second kappa shape index (κ2) is 22.7. The van der Waals surface area contributed by atoms with E-state index in [9.17, 15) is 123 Å². The Morgan fingerprint density at radius 1 is 0.517 bits per heavy atom. The second-order valence-corrected chi connectivity index (χ2v) is 26.0. The van der Waals surface area contributed by atoms with Crippen LogP contribution in [0.3, 0.4) is 0 Å². The summed E-state index contributed by atoms with van der Waals surface area (Å²) in [5, 5.41) is 95.0. The van der Waals surface area contributed by atoms with Crippen molar-refractivity contribution < 1.29 is 118 Å². The number of benzene rings is 7. The van der Waals surface area contributed by atoms with Gasteiger partial charge in [0.25, 0.3) is 66.4 Å². The molecule has 39 nitrogen and oxygen atoms in total. The maximum atomic E-state index is 12.8. The zero-order valence-electron chi connectivity index (χ0n) is 43.0. The highest BCUT2D eigenvalue weighted by atomic mass is 32.2. The molecule has 0 radical (unpaired) electrons. The molecule has 0 saturated heterocycles. The number of nitrogens with two attached hydrogens (primary N) is 1. The number of rotatable bonds is 18. The lowest BCUT2D eigenvalue weighted by Gasteiger charge is -2.14. The number of nitro groups is 1. The van der Waals surface area contributed by atoms with Crippen LogP contribution in [-0.2, 0) is 60.7 Å². The summed E-state index contributed by atoms with van der Waals surface area (Å²) in [6, 6.07) is 9.35. The number of nitrogens with zero attached hydrogens (tertiary/aromatic N) is 11. The standard InChI is InChI=1S/C44H30N12O27S6/c1-16-8-26(49-53-38-39(44(62)63)54-55(42(38)59)28-7-4-20(84(66,67)68)12-22(28)43(60)61)31(87(75,76)77)14-25(16)48-51-36-32(88(78,79)80)10-17-9-18(2-5-21(17)40(36)57)46-50-27-15-29(85(69,70)71)23-13-33(89(81,82)83)37(41(58)34(23)35(27)45)52-47-24-6-3-19(56(64)65)11-30(24)86(72,73)74/h2-15,57-59H,45H2,1H3,(H,60,61)(H,62,63)(H,66,67,68)(H,69,70,71)(H,72,73,74)(H,75,76,77)(H,78,79,80)(H,81,82,83). The van der Waals surface area contributed by atoms with Crippen LogP contribution in [-0.4, -0.2) is 130 Å². The first-order valence-corrected chi connectivity index (χ1v) is 31.4. The number of carboxylic acids is 2. The van der Waals surface area contributed by atoms with Crippen molar-refractivity contribution in [2.75, 3.05) is 5.73 Å². The van der Waals surface area contributed by atoms with E-state index in [1.54, 1.807) is 0 Å². The number of nitrogen functional groups attached to an aromatic ring is 1. The Kier molecular flexibility index (Phi) is 16.5. The van der Waals surface area contributed by atoms with E-state index < -0.39 is 203 Å². The number of hydrogen-bond donors (Lipinski definition) is 12. The molecule has 0 aliphatic heterocycles. The number of carboxylic acid groups (broad SMARTS) is 2. The Hall–Kier alpha value is -10.3. The predicted molar refractivity (Wildman–Crippen MR) is 295 cm³/mol. The molecule has 0 spiro atoms. The number of aryl methyl sites for hydroxylation is 1. The topological polar surface area (TPSA) is 647 Å². The second-order valence-electron chi connectivity index (χ2n) is 17.7. The molecular weight excluding hydrogens is 1320 g/mol. The van der Waals surface area contributed by atoms with Gasteiger partial charge in [-0.15, -0.1) is 30.7 Å². The van der Waals surface area contributed by atoms with E-state index in [0.717, 1.165) is 24.3 Å². The molecule has 0 saturated carbocycles. The molecule has 0 aliphatic carbocycles. The third-order valence-corrected chi connectivity index (χ3v) is 17.2. The lowest BCUT2D eigenvalue weighted by molar-refractivity contribution is -0.385. The molecule has 7 aromatic carbocycles. The summed E-state index contributed by atoms with van der Waals surface area (Å²) in [5.74, 6) is -7.62. The summed E-state index contributed by atoms with van der Waals surface area (Å²) in [4.78, 5) is 27.1. The molecule has 0 bridgehead atoms. The summed E-state index contributed by atoms with van der Waals surface area (Å²) in [5.41, 5.74) is -5.28. The average Bonchev–Trinajstić information content (AvgIpc) is 1.18. The van der Waals surface area contributed by atoms with Crippen LogP contribution in [0.1, 0.15) is 26.4 Å². The normalized spacial score (nSPS) is 13.0. The zero-order chi connectivity index (χ0) is 66.2. The van der Waals surface area contributed by atoms with E-state index in [2.05, 4.69) is 46.0 Å². The van der Waals surface area contributed by atoms with Gasteiger partial charge in [0.05, 0.1) is 43.5 Å². The van der Waals surface area contributed by atoms with Crippen molar-refractivity contribution in [3.63, 3.8) is 0 Å². The molecule has 13 N–H and O–H groups in total. The fraction of sp³-hybridized carbons (Fsp3) is 0.0227. The number of aromatic nitrogens is 2. The fourth-order valence-electron chi connectivity index (χ4n) is 8.01. The number of non-ortho nitro benzene ring substituents is 1. The predicted octanol–water partition coefficient (Wildman–Crippen LogP) is 7.63. The van der Waals surface area contributed by atoms with Gasteiger partial charge in [0.1, 0.15) is 52.9 Å². The minimum Gasteiger partial charge on any atom is -0.505 e. The molecule has 0 atom stereocenters. The Bertz CT molecular complexity index is 5370. The van der Waals surface area contributed by atoms with Crippen molar-refractivity contribution in [2.45, 2.75) is 36.3 Å². The van der Waals surface area contributed by atoms with E-state index in [1.807, 2.05) is 0 Å². The molecule has 1 aromatic heterocycles. The molecule has 45 heteroatoms. The van der Waals surface area contributed by atoms with Crippen LogP contribution in [0.25, 0.3) is 27.2 Å². The Labute approximate surface area is 494 Å². The van der Waals surface area contributed by atoms with E-state index in [0.29, 0.717) is 60.7 Å². The van der Waals surface area contributed by atoms with Gasteiger partial charge in [0, 0.05) is 22.9 Å². The fourth-order valence-corrected chi connectivity index (χ4v) is 11.8. The van der Waals surface area contributed by atoms with Crippen molar-refractivity contribution in [2.24, 2.45) is 40.9 Å². The van der Waals surface area contributed by atoms with Gasteiger partial charge in [0.15, 0.2) is 17.2 Å². The van der Waals surface area contributed by atoms with E-state index in [4.69, 9.17) is 5.73 Å². The first-order chi connectivity index (χ1) is 41.0. The van der Waals surface area contributed by atoms with Gasteiger partial charge in [0.2, 0.25) is 11.6 Å². The number of aromatic hydroxyl groups is 3. The first kappa shape index (κ1) is 64.7. The minimum absolute atomic E-state index is 0.168. The number of fused-ring (bicyclic) bond motifs is 2.